The molecule has 1 aromatic carbocycles. The van der Waals surface area contributed by atoms with E-state index in [4.69, 9.17) is 5.11 Å². The Morgan fingerprint density at radius 2 is 2.12 bits per heavy atom. The van der Waals surface area contributed by atoms with Crippen LogP contribution in [-0.2, 0) is 9.59 Å². The summed E-state index contributed by atoms with van der Waals surface area (Å²) >= 11 is 0. The van der Waals surface area contributed by atoms with Crippen molar-refractivity contribution >= 4 is 17.5 Å². The number of carbonyl (C=O) groups excluding carboxylic acids is 2. The second-order valence-electron chi connectivity index (χ2n) is 6.39. The zero-order valence-corrected chi connectivity index (χ0v) is 14.7. The van der Waals surface area contributed by atoms with E-state index in [1.54, 1.807) is 17.3 Å². The Bertz CT molecular complexity index is 809. The number of amides is 2. The lowest BCUT2D eigenvalue weighted by Gasteiger charge is -2.32. The van der Waals surface area contributed by atoms with Crippen LogP contribution in [0.2, 0.25) is 0 Å². The Balaban J connectivity index is 1.91. The van der Waals surface area contributed by atoms with Gasteiger partial charge in [-0.25, -0.2) is 0 Å². The summed E-state index contributed by atoms with van der Waals surface area (Å²) in [5.74, 6) is -0.327. The Hall–Kier alpha value is -2.80. The van der Waals surface area contributed by atoms with E-state index in [9.17, 15) is 9.59 Å². The molecule has 1 aliphatic heterocycles. The van der Waals surface area contributed by atoms with Crippen LogP contribution in [0.4, 0.5) is 5.69 Å². The lowest BCUT2D eigenvalue weighted by molar-refractivity contribution is -0.135. The van der Waals surface area contributed by atoms with Crippen molar-refractivity contribution in [2.45, 2.75) is 25.7 Å². The first-order valence-corrected chi connectivity index (χ1v) is 8.66. The molecule has 1 fully saturated rings. The van der Waals surface area contributed by atoms with Crippen LogP contribution in [0.3, 0.4) is 0 Å². The van der Waals surface area contributed by atoms with Gasteiger partial charge in [-0.05, 0) is 25.0 Å². The van der Waals surface area contributed by atoms with Crippen LogP contribution >= 0.6 is 0 Å². The standard InChI is InChI=1S/C19H22N4O3/c1-13(25)22-16-6-2-4-14(10-16)18-19(21-8-7-20-18)15-5-3-9-23(11-15)17(26)12-24/h2,4,6-8,10,15,24H,3,5,9,11-12H2,1H3,(H,22,25)/t15-/m0/s1. The molecule has 7 heteroatoms. The molecule has 0 radical (unpaired) electrons. The Kier molecular flexibility index (Phi) is 5.58. The molecule has 1 atom stereocenters. The molecule has 2 aromatic rings. The van der Waals surface area contributed by atoms with E-state index in [1.807, 2.05) is 24.3 Å². The summed E-state index contributed by atoms with van der Waals surface area (Å²) in [6.45, 7) is 2.17. The van der Waals surface area contributed by atoms with Crippen molar-refractivity contribution in [2.75, 3.05) is 25.0 Å². The summed E-state index contributed by atoms with van der Waals surface area (Å²) in [6.07, 6.45) is 5.07. The third-order valence-electron chi connectivity index (χ3n) is 4.48. The minimum atomic E-state index is -0.473. The van der Waals surface area contributed by atoms with E-state index in [1.165, 1.54) is 6.92 Å². The zero-order chi connectivity index (χ0) is 18.5. The number of benzene rings is 1. The lowest BCUT2D eigenvalue weighted by atomic mass is 9.91. The van der Waals surface area contributed by atoms with Crippen molar-refractivity contribution in [2.24, 2.45) is 0 Å². The molecule has 1 aliphatic rings. The summed E-state index contributed by atoms with van der Waals surface area (Å²) in [5.41, 5.74) is 3.16. The number of piperidine rings is 1. The summed E-state index contributed by atoms with van der Waals surface area (Å²) in [5, 5.41) is 11.9. The van der Waals surface area contributed by atoms with Crippen molar-refractivity contribution in [1.29, 1.82) is 0 Å². The zero-order valence-electron chi connectivity index (χ0n) is 14.7. The normalized spacial score (nSPS) is 17.0. The molecular formula is C19H22N4O3. The fraction of sp³-hybridized carbons (Fsp3) is 0.368. The van der Waals surface area contributed by atoms with Gasteiger partial charge in [-0.2, -0.15) is 0 Å². The predicted octanol–water partition coefficient (Wildman–Crippen LogP) is 1.80. The Labute approximate surface area is 152 Å². The Morgan fingerprint density at radius 1 is 1.31 bits per heavy atom. The number of hydrogen-bond donors (Lipinski definition) is 2. The maximum atomic E-state index is 11.8. The van der Waals surface area contributed by atoms with Gasteiger partial charge in [0, 0.05) is 49.6 Å². The number of anilines is 1. The van der Waals surface area contributed by atoms with Gasteiger partial charge in [0.2, 0.25) is 11.8 Å². The number of aromatic nitrogens is 2. The third kappa shape index (κ3) is 4.05. The largest absolute Gasteiger partial charge is 0.387 e. The molecule has 2 N–H and O–H groups in total. The van der Waals surface area contributed by atoms with Crippen molar-refractivity contribution in [1.82, 2.24) is 14.9 Å². The van der Waals surface area contributed by atoms with Gasteiger partial charge >= 0.3 is 0 Å². The predicted molar refractivity (Wildman–Crippen MR) is 97.4 cm³/mol. The van der Waals surface area contributed by atoms with E-state index in [-0.39, 0.29) is 17.7 Å². The first-order valence-electron chi connectivity index (χ1n) is 8.66. The number of likely N-dealkylation sites (tertiary alicyclic amines) is 1. The maximum Gasteiger partial charge on any atom is 0.248 e. The molecule has 0 spiro atoms. The van der Waals surface area contributed by atoms with Gasteiger partial charge in [-0.3, -0.25) is 19.6 Å². The van der Waals surface area contributed by atoms with Gasteiger partial charge < -0.3 is 15.3 Å². The van der Waals surface area contributed by atoms with E-state index < -0.39 is 6.61 Å². The van der Waals surface area contributed by atoms with Crippen LogP contribution in [-0.4, -0.2) is 51.5 Å². The highest BCUT2D eigenvalue weighted by Crippen LogP contribution is 2.32. The van der Waals surface area contributed by atoms with Crippen LogP contribution in [0.25, 0.3) is 11.3 Å². The number of nitrogens with zero attached hydrogens (tertiary/aromatic N) is 3. The van der Waals surface area contributed by atoms with Gasteiger partial charge in [0.1, 0.15) is 6.61 Å². The summed E-state index contributed by atoms with van der Waals surface area (Å²) in [7, 11) is 0. The van der Waals surface area contributed by atoms with Gasteiger partial charge in [-0.15, -0.1) is 0 Å². The fourth-order valence-corrected chi connectivity index (χ4v) is 3.34. The number of aliphatic hydroxyl groups excluding tert-OH is 1. The van der Waals surface area contributed by atoms with Crippen molar-refractivity contribution in [3.8, 4) is 11.3 Å². The molecule has 1 saturated heterocycles. The molecule has 136 valence electrons. The van der Waals surface area contributed by atoms with E-state index in [2.05, 4.69) is 15.3 Å². The van der Waals surface area contributed by atoms with E-state index >= 15 is 0 Å². The van der Waals surface area contributed by atoms with Crippen molar-refractivity contribution < 1.29 is 14.7 Å². The van der Waals surface area contributed by atoms with Crippen LogP contribution in [0.1, 0.15) is 31.4 Å². The molecule has 0 aliphatic carbocycles. The van der Waals surface area contributed by atoms with E-state index in [0.29, 0.717) is 18.8 Å². The average molecular weight is 354 g/mol. The first-order chi connectivity index (χ1) is 12.6. The lowest BCUT2D eigenvalue weighted by Crippen LogP contribution is -2.40. The second-order valence-corrected chi connectivity index (χ2v) is 6.39. The number of aliphatic hydroxyl groups is 1. The highest BCUT2D eigenvalue weighted by molar-refractivity contribution is 5.89. The SMILES string of the molecule is CC(=O)Nc1cccc(-c2nccnc2[C@H]2CCCN(C(=O)CO)C2)c1. The monoisotopic (exact) mass is 354 g/mol. The van der Waals surface area contributed by atoms with Crippen LogP contribution < -0.4 is 5.32 Å². The topological polar surface area (TPSA) is 95.4 Å². The maximum absolute atomic E-state index is 11.8. The summed E-state index contributed by atoms with van der Waals surface area (Å²) in [6, 6.07) is 7.48. The van der Waals surface area contributed by atoms with Crippen molar-refractivity contribution in [3.05, 3.63) is 42.4 Å². The molecule has 7 nitrogen and oxygen atoms in total. The number of hydrogen-bond acceptors (Lipinski definition) is 5. The average Bonchev–Trinajstić information content (AvgIpc) is 2.67. The molecule has 3 rings (SSSR count). The summed E-state index contributed by atoms with van der Waals surface area (Å²) in [4.78, 5) is 33.9. The minimum Gasteiger partial charge on any atom is -0.387 e. The molecule has 2 amide bonds. The first kappa shape index (κ1) is 18.0. The van der Waals surface area contributed by atoms with Crippen LogP contribution in [0.5, 0.6) is 0 Å². The number of rotatable bonds is 4. The smallest absolute Gasteiger partial charge is 0.248 e. The van der Waals surface area contributed by atoms with Gasteiger partial charge in [0.05, 0.1) is 11.4 Å². The second kappa shape index (κ2) is 8.05. The molecule has 2 heterocycles. The van der Waals surface area contributed by atoms with Crippen molar-refractivity contribution in [3.63, 3.8) is 0 Å². The molecule has 0 saturated carbocycles. The molecule has 0 unspecified atom stereocenters. The van der Waals surface area contributed by atoms with Crippen LogP contribution in [0, 0.1) is 0 Å². The Morgan fingerprint density at radius 3 is 2.88 bits per heavy atom. The number of carbonyl (C=O) groups is 2. The fourth-order valence-electron chi connectivity index (χ4n) is 3.34. The molecule has 0 bridgehead atoms. The van der Waals surface area contributed by atoms with Gasteiger partial charge in [0.25, 0.3) is 0 Å². The highest BCUT2D eigenvalue weighted by Gasteiger charge is 2.27. The molecular weight excluding hydrogens is 332 g/mol. The molecule has 1 aromatic heterocycles. The minimum absolute atomic E-state index is 0.0624. The van der Waals surface area contributed by atoms with Gasteiger partial charge in [-0.1, -0.05) is 12.1 Å². The summed E-state index contributed by atoms with van der Waals surface area (Å²) < 4.78 is 0. The van der Waals surface area contributed by atoms with Gasteiger partial charge in [0.15, 0.2) is 0 Å². The highest BCUT2D eigenvalue weighted by atomic mass is 16.3. The van der Waals surface area contributed by atoms with Crippen LogP contribution in [0.15, 0.2) is 36.7 Å². The quantitative estimate of drug-likeness (QED) is 0.873. The third-order valence-corrected chi connectivity index (χ3v) is 4.48. The molecule has 26 heavy (non-hydrogen) atoms. The number of nitrogens with one attached hydrogen (secondary N) is 1. The van der Waals surface area contributed by atoms with E-state index in [0.717, 1.165) is 29.8 Å².